The van der Waals surface area contributed by atoms with Gasteiger partial charge in [0.2, 0.25) is 11.8 Å². The van der Waals surface area contributed by atoms with Crippen molar-refractivity contribution in [3.63, 3.8) is 0 Å². The number of esters is 1. The van der Waals surface area contributed by atoms with E-state index < -0.39 is 5.97 Å². The number of nitrogens with one attached hydrogen (secondary N) is 1. The van der Waals surface area contributed by atoms with Crippen molar-refractivity contribution >= 4 is 33.5 Å². The van der Waals surface area contributed by atoms with Gasteiger partial charge in [0.1, 0.15) is 0 Å². The largest absolute Gasteiger partial charge is 0.481 e. The van der Waals surface area contributed by atoms with Gasteiger partial charge in [-0.15, -0.1) is 11.3 Å². The maximum Gasteiger partial charge on any atom is 0.358 e. The lowest BCUT2D eigenvalue weighted by molar-refractivity contribution is 0.0522. The minimum Gasteiger partial charge on any atom is -0.481 e. The molecule has 0 aliphatic rings. The molecule has 0 radical (unpaired) electrons. The van der Waals surface area contributed by atoms with Crippen molar-refractivity contribution in [2.75, 3.05) is 19.0 Å². The first-order valence-corrected chi connectivity index (χ1v) is 8.24. The first-order chi connectivity index (χ1) is 11.7. The lowest BCUT2D eigenvalue weighted by Crippen LogP contribution is -2.11. The van der Waals surface area contributed by atoms with E-state index in [0.29, 0.717) is 30.5 Å². The van der Waals surface area contributed by atoms with Gasteiger partial charge in [-0.3, -0.25) is 0 Å². The smallest absolute Gasteiger partial charge is 0.358 e. The lowest BCUT2D eigenvalue weighted by atomic mass is 10.3. The number of hydrogen-bond acceptors (Lipinski definition) is 8. The highest BCUT2D eigenvalue weighted by atomic mass is 32.1. The van der Waals surface area contributed by atoms with Crippen LogP contribution in [0.1, 0.15) is 23.0 Å². The van der Waals surface area contributed by atoms with Crippen molar-refractivity contribution in [1.29, 1.82) is 0 Å². The minimum absolute atomic E-state index is 0.284. The average molecular weight is 344 g/mol. The van der Waals surface area contributed by atoms with E-state index >= 15 is 0 Å². The Hall–Kier alpha value is -2.74. The second-order valence-electron chi connectivity index (χ2n) is 4.81. The molecule has 0 bridgehead atoms. The summed E-state index contributed by atoms with van der Waals surface area (Å²) in [7, 11) is 1.57. The van der Waals surface area contributed by atoms with Crippen molar-refractivity contribution in [2.45, 2.75) is 13.5 Å². The molecule has 7 nitrogen and oxygen atoms in total. The lowest BCUT2D eigenvalue weighted by Gasteiger charge is -2.08. The molecule has 0 aliphatic heterocycles. The summed E-state index contributed by atoms with van der Waals surface area (Å²) < 4.78 is 10.8. The zero-order chi connectivity index (χ0) is 16.9. The van der Waals surface area contributed by atoms with Crippen LogP contribution in [0.15, 0.2) is 29.8 Å². The maximum absolute atomic E-state index is 12.1. The molecule has 3 aromatic rings. The molecule has 3 aromatic heterocycles. The Balaban J connectivity index is 1.82. The molecular formula is C16H16N4O3S. The number of carbonyl (C=O) groups excluding carboxylic acids is 1. The van der Waals surface area contributed by atoms with E-state index in [1.807, 2.05) is 17.5 Å². The number of aromatic nitrogens is 3. The number of hydrogen-bond donors (Lipinski definition) is 1. The van der Waals surface area contributed by atoms with Crippen LogP contribution in [-0.4, -0.2) is 34.6 Å². The van der Waals surface area contributed by atoms with Gasteiger partial charge in [0, 0.05) is 18.8 Å². The fourth-order valence-corrected chi connectivity index (χ4v) is 2.91. The van der Waals surface area contributed by atoms with Gasteiger partial charge in [-0.2, -0.15) is 0 Å². The highest BCUT2D eigenvalue weighted by Gasteiger charge is 2.17. The Morgan fingerprint density at radius 2 is 2.17 bits per heavy atom. The van der Waals surface area contributed by atoms with Gasteiger partial charge in [-0.25, -0.2) is 19.7 Å². The van der Waals surface area contributed by atoms with E-state index in [-0.39, 0.29) is 5.69 Å². The summed E-state index contributed by atoms with van der Waals surface area (Å²) in [6, 6.07) is 5.53. The van der Waals surface area contributed by atoms with Crippen LogP contribution in [0.2, 0.25) is 0 Å². The normalized spacial score (nSPS) is 10.6. The highest BCUT2D eigenvalue weighted by molar-refractivity contribution is 7.17. The van der Waals surface area contributed by atoms with Crippen LogP contribution in [0.4, 0.5) is 5.95 Å². The molecular weight excluding hydrogens is 328 g/mol. The number of pyridine rings is 1. The maximum atomic E-state index is 12.1. The van der Waals surface area contributed by atoms with Crippen molar-refractivity contribution in [3.8, 4) is 5.88 Å². The first kappa shape index (κ1) is 16.1. The van der Waals surface area contributed by atoms with Crippen LogP contribution in [0.3, 0.4) is 0 Å². The third-order valence-corrected chi connectivity index (χ3v) is 4.14. The Bertz CT molecular complexity index is 848. The van der Waals surface area contributed by atoms with Crippen molar-refractivity contribution < 1.29 is 14.3 Å². The quantitative estimate of drug-likeness (QED) is 0.688. The van der Waals surface area contributed by atoms with Gasteiger partial charge in [-0.1, -0.05) is 6.07 Å². The van der Waals surface area contributed by atoms with E-state index in [1.165, 1.54) is 11.3 Å². The van der Waals surface area contributed by atoms with Crippen LogP contribution in [0.25, 0.3) is 10.2 Å². The van der Waals surface area contributed by atoms with Crippen LogP contribution in [-0.2, 0) is 11.3 Å². The number of nitrogens with zero attached hydrogens (tertiary/aromatic N) is 3. The molecule has 8 heteroatoms. The molecule has 0 atom stereocenters. The SMILES string of the molecule is CCOC(=O)c1nc(NCc2ccc(OC)nc2)nc2ccsc12. The molecule has 3 rings (SSSR count). The summed E-state index contributed by atoms with van der Waals surface area (Å²) in [4.78, 5) is 25.0. The van der Waals surface area contributed by atoms with Crippen LogP contribution >= 0.6 is 11.3 Å². The Kier molecular flexibility index (Phi) is 4.85. The average Bonchev–Trinajstić information content (AvgIpc) is 3.08. The van der Waals surface area contributed by atoms with Crippen molar-refractivity contribution in [2.24, 2.45) is 0 Å². The molecule has 0 saturated carbocycles. The van der Waals surface area contributed by atoms with E-state index in [1.54, 1.807) is 26.3 Å². The second-order valence-corrected chi connectivity index (χ2v) is 5.73. The summed E-state index contributed by atoms with van der Waals surface area (Å²) in [5.41, 5.74) is 1.95. The molecule has 124 valence electrons. The topological polar surface area (TPSA) is 86.2 Å². The number of rotatable bonds is 6. The minimum atomic E-state index is -0.443. The molecule has 0 aliphatic carbocycles. The van der Waals surface area contributed by atoms with Gasteiger partial charge < -0.3 is 14.8 Å². The Morgan fingerprint density at radius 3 is 2.88 bits per heavy atom. The fraction of sp³-hybridized carbons (Fsp3) is 0.250. The first-order valence-electron chi connectivity index (χ1n) is 7.36. The molecule has 3 heterocycles. The molecule has 0 spiro atoms. The summed E-state index contributed by atoms with van der Waals surface area (Å²) in [5.74, 6) is 0.487. The predicted octanol–water partition coefficient (Wildman–Crippen LogP) is 2.88. The highest BCUT2D eigenvalue weighted by Crippen LogP contribution is 2.24. The van der Waals surface area contributed by atoms with Crippen LogP contribution in [0.5, 0.6) is 5.88 Å². The molecule has 0 aromatic carbocycles. The summed E-state index contributed by atoms with van der Waals surface area (Å²) in [5, 5.41) is 4.99. The van der Waals surface area contributed by atoms with E-state index in [4.69, 9.17) is 9.47 Å². The van der Waals surface area contributed by atoms with Crippen LogP contribution < -0.4 is 10.1 Å². The second kappa shape index (κ2) is 7.22. The number of carbonyl (C=O) groups is 1. The number of anilines is 1. The van der Waals surface area contributed by atoms with Gasteiger partial charge >= 0.3 is 5.97 Å². The van der Waals surface area contributed by atoms with Gasteiger partial charge in [0.15, 0.2) is 5.69 Å². The predicted molar refractivity (Wildman–Crippen MR) is 91.5 cm³/mol. The molecule has 0 saturated heterocycles. The van der Waals surface area contributed by atoms with Crippen molar-refractivity contribution in [1.82, 2.24) is 15.0 Å². The van der Waals surface area contributed by atoms with Crippen molar-refractivity contribution in [3.05, 3.63) is 41.0 Å². The molecule has 0 amide bonds. The van der Waals surface area contributed by atoms with Gasteiger partial charge in [-0.05, 0) is 23.9 Å². The number of methoxy groups -OCH3 is 1. The Morgan fingerprint density at radius 1 is 1.29 bits per heavy atom. The molecule has 0 unspecified atom stereocenters. The fourth-order valence-electron chi connectivity index (χ4n) is 2.10. The summed E-state index contributed by atoms with van der Waals surface area (Å²) in [6.45, 7) is 2.55. The zero-order valence-corrected chi connectivity index (χ0v) is 14.1. The van der Waals surface area contributed by atoms with E-state index in [0.717, 1.165) is 10.3 Å². The van der Waals surface area contributed by atoms with Crippen LogP contribution in [0, 0.1) is 0 Å². The molecule has 24 heavy (non-hydrogen) atoms. The van der Waals surface area contributed by atoms with Gasteiger partial charge in [0.05, 0.1) is 23.9 Å². The third kappa shape index (κ3) is 3.43. The number of ether oxygens (including phenoxy) is 2. The Labute approximate surface area is 142 Å². The van der Waals surface area contributed by atoms with E-state index in [2.05, 4.69) is 20.3 Å². The number of thiophene rings is 1. The van der Waals surface area contributed by atoms with E-state index in [9.17, 15) is 4.79 Å². The standard InChI is InChI=1S/C16H16N4O3S/c1-3-23-15(21)13-14-11(6-7-24-14)19-16(20-13)18-9-10-4-5-12(22-2)17-8-10/h4-8H,3,9H2,1-2H3,(H,18,19,20). The molecule has 1 N–H and O–H groups in total. The van der Waals surface area contributed by atoms with Gasteiger partial charge in [0.25, 0.3) is 0 Å². The summed E-state index contributed by atoms with van der Waals surface area (Å²) in [6.07, 6.45) is 1.71. The summed E-state index contributed by atoms with van der Waals surface area (Å²) >= 11 is 1.42. The number of fused-ring (bicyclic) bond motifs is 1. The molecule has 0 fully saturated rings. The monoisotopic (exact) mass is 344 g/mol. The zero-order valence-electron chi connectivity index (χ0n) is 13.3. The third-order valence-electron chi connectivity index (χ3n) is 3.23.